The molecule has 5 heteroatoms. The number of nitrogen functional groups attached to an aromatic ring is 1. The number of imidazole rings is 1. The normalized spacial score (nSPS) is 15.1. The highest BCUT2D eigenvalue weighted by Gasteiger charge is 2.30. The number of anilines is 1. The fourth-order valence-electron chi connectivity index (χ4n) is 2.75. The summed E-state index contributed by atoms with van der Waals surface area (Å²) in [6.45, 7) is 4.10. The Kier molecular flexibility index (Phi) is 2.41. The summed E-state index contributed by atoms with van der Waals surface area (Å²) in [5.74, 6) is 0.983. The summed E-state index contributed by atoms with van der Waals surface area (Å²) in [5.41, 5.74) is 11.6. The molecule has 20 heavy (non-hydrogen) atoms. The second-order valence-corrected chi connectivity index (χ2v) is 6.34. The molecule has 2 aromatic heterocycles. The van der Waals surface area contributed by atoms with Crippen molar-refractivity contribution in [2.45, 2.75) is 32.7 Å². The van der Waals surface area contributed by atoms with Gasteiger partial charge in [0.05, 0.1) is 22.3 Å². The third-order valence-corrected chi connectivity index (χ3v) is 4.64. The predicted molar refractivity (Wildman–Crippen MR) is 83.0 cm³/mol. The van der Waals surface area contributed by atoms with E-state index >= 15 is 0 Å². The molecule has 0 unspecified atom stereocenters. The van der Waals surface area contributed by atoms with Crippen LogP contribution in [0, 0.1) is 13.8 Å². The quantitative estimate of drug-likeness (QED) is 0.780. The number of nitrogens with zero attached hydrogens (tertiary/aromatic N) is 3. The maximum absolute atomic E-state index is 6.12. The van der Waals surface area contributed by atoms with Crippen LogP contribution in [0.15, 0.2) is 18.2 Å². The molecule has 0 aliphatic heterocycles. The van der Waals surface area contributed by atoms with Crippen molar-refractivity contribution in [2.75, 3.05) is 5.73 Å². The van der Waals surface area contributed by atoms with E-state index in [1.54, 1.807) is 0 Å². The topological polar surface area (TPSA) is 56.7 Å². The second-order valence-electron chi connectivity index (χ2n) is 5.54. The van der Waals surface area contributed by atoms with Gasteiger partial charge in [-0.3, -0.25) is 0 Å². The highest BCUT2D eigenvalue weighted by atomic mass is 32.1. The Morgan fingerprint density at radius 3 is 2.75 bits per heavy atom. The zero-order chi connectivity index (χ0) is 13.9. The smallest absolute Gasteiger partial charge is 0.146 e. The number of hydrogen-bond acceptors (Lipinski definition) is 4. The van der Waals surface area contributed by atoms with E-state index in [9.17, 15) is 0 Å². The number of aryl methyl sites for hydroxylation is 2. The Balaban J connectivity index is 2.06. The molecule has 0 atom stereocenters. The lowest BCUT2D eigenvalue weighted by molar-refractivity contribution is 0.775. The average Bonchev–Trinajstić information content (AvgIpc) is 3.10. The Morgan fingerprint density at radius 2 is 2.10 bits per heavy atom. The monoisotopic (exact) mass is 284 g/mol. The second kappa shape index (κ2) is 4.06. The molecule has 0 amide bonds. The Morgan fingerprint density at radius 1 is 1.30 bits per heavy atom. The first-order valence-corrected chi connectivity index (χ1v) is 7.63. The molecule has 0 bridgehead atoms. The zero-order valence-electron chi connectivity index (χ0n) is 11.6. The third-order valence-electron chi connectivity index (χ3n) is 3.87. The molecule has 102 valence electrons. The molecule has 2 N–H and O–H groups in total. The maximum atomic E-state index is 6.12. The largest absolute Gasteiger partial charge is 0.389 e. The van der Waals surface area contributed by atoms with Gasteiger partial charge in [-0.25, -0.2) is 4.98 Å². The van der Waals surface area contributed by atoms with Crippen molar-refractivity contribution in [1.29, 1.82) is 0 Å². The van der Waals surface area contributed by atoms with E-state index in [1.165, 1.54) is 35.5 Å². The summed E-state index contributed by atoms with van der Waals surface area (Å²) in [5, 5.41) is 0.761. The number of benzene rings is 1. The first kappa shape index (κ1) is 11.9. The van der Waals surface area contributed by atoms with Gasteiger partial charge in [0.2, 0.25) is 0 Å². The van der Waals surface area contributed by atoms with Crippen molar-refractivity contribution in [2.24, 2.45) is 0 Å². The van der Waals surface area contributed by atoms with E-state index in [1.807, 2.05) is 6.92 Å². The van der Waals surface area contributed by atoms with Crippen LogP contribution in [0.3, 0.4) is 0 Å². The summed E-state index contributed by atoms with van der Waals surface area (Å²) in [7, 11) is 0. The Hall–Kier alpha value is -1.88. The van der Waals surface area contributed by atoms with E-state index in [0.717, 1.165) is 27.6 Å². The Labute approximate surface area is 121 Å². The molecule has 1 aliphatic rings. The molecular weight excluding hydrogens is 268 g/mol. The van der Waals surface area contributed by atoms with Gasteiger partial charge in [-0.2, -0.15) is 4.37 Å². The van der Waals surface area contributed by atoms with Gasteiger partial charge in [-0.05, 0) is 55.9 Å². The highest BCUT2D eigenvalue weighted by molar-refractivity contribution is 7.10. The summed E-state index contributed by atoms with van der Waals surface area (Å²) < 4.78 is 6.71. The lowest BCUT2D eigenvalue weighted by atomic mass is 10.2. The van der Waals surface area contributed by atoms with Crippen LogP contribution in [0.2, 0.25) is 0 Å². The number of fused-ring (bicyclic) bond motifs is 1. The van der Waals surface area contributed by atoms with Crippen molar-refractivity contribution in [3.8, 4) is 11.4 Å². The minimum atomic E-state index is 0.566. The van der Waals surface area contributed by atoms with Crippen LogP contribution in [0.25, 0.3) is 22.4 Å². The molecule has 0 spiro atoms. The van der Waals surface area contributed by atoms with Crippen molar-refractivity contribution < 1.29 is 0 Å². The van der Waals surface area contributed by atoms with Crippen molar-refractivity contribution in [1.82, 2.24) is 13.9 Å². The van der Waals surface area contributed by atoms with E-state index in [2.05, 4.69) is 34.1 Å². The van der Waals surface area contributed by atoms with Gasteiger partial charge in [0.15, 0.2) is 0 Å². The average molecular weight is 284 g/mol. The van der Waals surface area contributed by atoms with Crippen molar-refractivity contribution in [3.63, 3.8) is 0 Å². The number of rotatable bonds is 2. The molecule has 1 aromatic carbocycles. The van der Waals surface area contributed by atoms with Crippen LogP contribution in [0.5, 0.6) is 0 Å². The minimum Gasteiger partial charge on any atom is -0.389 e. The first-order valence-electron chi connectivity index (χ1n) is 6.86. The molecule has 2 heterocycles. The highest BCUT2D eigenvalue weighted by Crippen LogP contribution is 2.43. The van der Waals surface area contributed by atoms with Crippen molar-refractivity contribution >= 4 is 27.6 Å². The summed E-state index contributed by atoms with van der Waals surface area (Å²) >= 11 is 1.35. The summed E-state index contributed by atoms with van der Waals surface area (Å²) in [6.07, 6.45) is 2.45. The summed E-state index contributed by atoms with van der Waals surface area (Å²) in [6, 6.07) is 7.03. The number of nitrogens with two attached hydrogens (primary N) is 1. The molecule has 0 radical (unpaired) electrons. The molecule has 4 rings (SSSR count). The van der Waals surface area contributed by atoms with Crippen LogP contribution in [-0.2, 0) is 0 Å². The number of aromatic nitrogens is 3. The van der Waals surface area contributed by atoms with Gasteiger partial charge in [-0.1, -0.05) is 6.07 Å². The molecule has 1 aliphatic carbocycles. The van der Waals surface area contributed by atoms with E-state index in [-0.39, 0.29) is 0 Å². The molecule has 0 saturated heterocycles. The van der Waals surface area contributed by atoms with Crippen LogP contribution >= 0.6 is 11.5 Å². The first-order chi connectivity index (χ1) is 9.65. The molecule has 1 fully saturated rings. The predicted octanol–water partition coefficient (Wildman–Crippen LogP) is 3.69. The van der Waals surface area contributed by atoms with Gasteiger partial charge in [-0.15, -0.1) is 0 Å². The SMILES string of the molecule is Cc1ccc2c(c1)nc(-c1c(C)nsc1N)n2C1CC1. The van der Waals surface area contributed by atoms with E-state index < -0.39 is 0 Å². The van der Waals surface area contributed by atoms with Crippen LogP contribution in [0.4, 0.5) is 5.00 Å². The van der Waals surface area contributed by atoms with Crippen molar-refractivity contribution in [3.05, 3.63) is 29.5 Å². The maximum Gasteiger partial charge on any atom is 0.146 e. The van der Waals surface area contributed by atoms with Gasteiger partial charge >= 0.3 is 0 Å². The van der Waals surface area contributed by atoms with Gasteiger partial charge in [0.1, 0.15) is 10.8 Å². The van der Waals surface area contributed by atoms with Gasteiger partial charge in [0, 0.05) is 6.04 Å². The fourth-order valence-corrected chi connectivity index (χ4v) is 3.40. The van der Waals surface area contributed by atoms with Crippen LogP contribution < -0.4 is 5.73 Å². The molecule has 4 nitrogen and oxygen atoms in total. The van der Waals surface area contributed by atoms with Gasteiger partial charge in [0.25, 0.3) is 0 Å². The fraction of sp³-hybridized carbons (Fsp3) is 0.333. The zero-order valence-corrected chi connectivity index (χ0v) is 12.4. The minimum absolute atomic E-state index is 0.566. The molecular formula is C15H16N4S. The molecule has 3 aromatic rings. The van der Waals surface area contributed by atoms with Crippen LogP contribution in [0.1, 0.15) is 30.1 Å². The third kappa shape index (κ3) is 1.66. The van der Waals surface area contributed by atoms with Crippen LogP contribution in [-0.4, -0.2) is 13.9 Å². The summed E-state index contributed by atoms with van der Waals surface area (Å²) in [4.78, 5) is 4.85. The van der Waals surface area contributed by atoms with E-state index in [4.69, 9.17) is 10.7 Å². The number of hydrogen-bond donors (Lipinski definition) is 1. The lowest BCUT2D eigenvalue weighted by Gasteiger charge is -2.07. The van der Waals surface area contributed by atoms with E-state index in [0.29, 0.717) is 6.04 Å². The molecule has 1 saturated carbocycles. The Bertz CT molecular complexity index is 791. The standard InChI is InChI=1S/C15H16N4S/c1-8-3-6-12-11(7-8)17-15(19(12)10-4-5-10)13-9(2)18-20-14(13)16/h3,6-7,10H,4-5,16H2,1-2H3. The lowest BCUT2D eigenvalue weighted by Crippen LogP contribution is -1.99. The van der Waals surface area contributed by atoms with Gasteiger partial charge < -0.3 is 10.3 Å².